The monoisotopic (exact) mass is 402 g/mol. The zero-order valence-electron chi connectivity index (χ0n) is 18.9. The van der Waals surface area contributed by atoms with Crippen molar-refractivity contribution in [2.45, 2.75) is 66.3 Å². The Morgan fingerprint density at radius 2 is 1.90 bits per heavy atom. The fraction of sp³-hybridized carbons (Fsp3) is 0.370. The lowest BCUT2D eigenvalue weighted by Crippen LogP contribution is -2.20. The van der Waals surface area contributed by atoms with Crippen LogP contribution in [-0.2, 0) is 13.0 Å². The maximum absolute atomic E-state index is 9.61. The third-order valence-corrected chi connectivity index (χ3v) is 5.87. The smallest absolute Gasteiger partial charge is 0.0927 e. The van der Waals surface area contributed by atoms with Crippen LogP contribution < -0.4 is 0 Å². The Balaban J connectivity index is 0.00000124. The van der Waals surface area contributed by atoms with Crippen molar-refractivity contribution in [2.24, 2.45) is 0 Å². The van der Waals surface area contributed by atoms with Gasteiger partial charge in [-0.1, -0.05) is 65.5 Å². The molecule has 1 aromatic carbocycles. The van der Waals surface area contributed by atoms with Gasteiger partial charge in [0.05, 0.1) is 29.2 Å². The van der Waals surface area contributed by atoms with Crippen molar-refractivity contribution < 1.29 is 5.11 Å². The molecular weight excluding hydrogens is 368 g/mol. The van der Waals surface area contributed by atoms with Gasteiger partial charge in [0.2, 0.25) is 0 Å². The number of benzene rings is 1. The summed E-state index contributed by atoms with van der Waals surface area (Å²) in [7, 11) is 0. The molecule has 0 atom stereocenters. The number of rotatable bonds is 6. The second kappa shape index (κ2) is 9.34. The van der Waals surface area contributed by atoms with Crippen molar-refractivity contribution in [3.05, 3.63) is 82.9 Å². The van der Waals surface area contributed by atoms with Gasteiger partial charge in [-0.3, -0.25) is 0 Å². The molecule has 0 radical (unpaired) electrons. The van der Waals surface area contributed by atoms with Crippen LogP contribution in [0.1, 0.15) is 70.2 Å². The Hall–Kier alpha value is -2.81. The molecule has 158 valence electrons. The van der Waals surface area contributed by atoms with Crippen molar-refractivity contribution >= 4 is 16.6 Å². The molecule has 2 aliphatic heterocycles. The third kappa shape index (κ3) is 3.81. The van der Waals surface area contributed by atoms with Gasteiger partial charge in [0, 0.05) is 23.1 Å². The van der Waals surface area contributed by atoms with Crippen LogP contribution in [0.25, 0.3) is 16.6 Å². The van der Waals surface area contributed by atoms with Crippen LogP contribution in [0.15, 0.2) is 66.1 Å². The molecule has 1 aromatic heterocycles. The first-order valence-electron chi connectivity index (χ1n) is 11.2. The second-order valence-electron chi connectivity index (χ2n) is 7.67. The standard InChI is InChI=1S/C25H28N2O.C2H6/c1-5-9-18-14-24-25-22(15-27(24)17(4)20(18)13-12-16(3)28)19(6-2)21-10-7-8-11-23(21)26-25;1-2/h7-8,10-11,14,28H,3-6,9,12-13,15H2,1-2H3;1-2H3. The minimum Gasteiger partial charge on any atom is -0.513 e. The van der Waals surface area contributed by atoms with Crippen molar-refractivity contribution in [1.29, 1.82) is 0 Å². The van der Waals surface area contributed by atoms with Gasteiger partial charge in [0.1, 0.15) is 0 Å². The van der Waals surface area contributed by atoms with Crippen molar-refractivity contribution in [3.63, 3.8) is 0 Å². The van der Waals surface area contributed by atoms with E-state index in [0.29, 0.717) is 6.42 Å². The molecule has 30 heavy (non-hydrogen) atoms. The number of aryl methyl sites for hydroxylation is 1. The van der Waals surface area contributed by atoms with Crippen LogP contribution in [0, 0.1) is 0 Å². The first-order valence-corrected chi connectivity index (χ1v) is 11.2. The first-order chi connectivity index (χ1) is 14.5. The summed E-state index contributed by atoms with van der Waals surface area (Å²) in [6.07, 6.45) is 6.73. The van der Waals surface area contributed by atoms with Gasteiger partial charge in [0.15, 0.2) is 0 Å². The molecule has 2 aromatic rings. The van der Waals surface area contributed by atoms with E-state index in [0.717, 1.165) is 49.1 Å². The van der Waals surface area contributed by atoms with Gasteiger partial charge in [-0.25, -0.2) is 4.98 Å². The molecule has 0 bridgehead atoms. The van der Waals surface area contributed by atoms with Crippen LogP contribution in [-0.4, -0.2) is 15.0 Å². The molecule has 4 rings (SSSR count). The Morgan fingerprint density at radius 1 is 1.17 bits per heavy atom. The van der Waals surface area contributed by atoms with E-state index in [9.17, 15) is 5.11 Å². The van der Waals surface area contributed by atoms with Crippen LogP contribution in [0.2, 0.25) is 0 Å². The SMILES string of the molecule is C=C(O)CCC1=C(CCC)C=C2c3nc4ccccc4c(CC)c3CN2C1=C.CC. The number of aliphatic hydroxyl groups is 1. The van der Waals surface area contributed by atoms with Crippen molar-refractivity contribution in [1.82, 2.24) is 9.88 Å². The van der Waals surface area contributed by atoms with E-state index in [2.05, 4.69) is 62.2 Å². The molecule has 0 fully saturated rings. The normalized spacial score (nSPS) is 14.9. The van der Waals surface area contributed by atoms with E-state index in [4.69, 9.17) is 4.98 Å². The number of allylic oxidation sites excluding steroid dienone is 4. The molecule has 3 nitrogen and oxygen atoms in total. The Kier molecular flexibility index (Phi) is 6.81. The number of nitrogens with zero attached hydrogens (tertiary/aromatic N) is 2. The molecular formula is C27H34N2O. The number of pyridine rings is 1. The van der Waals surface area contributed by atoms with Gasteiger partial charge in [-0.2, -0.15) is 0 Å². The zero-order chi connectivity index (χ0) is 21.8. The molecule has 0 saturated carbocycles. The lowest BCUT2D eigenvalue weighted by atomic mass is 9.92. The highest BCUT2D eigenvalue weighted by atomic mass is 16.3. The number of hydrogen-bond donors (Lipinski definition) is 1. The number of aliphatic hydroxyl groups excluding tert-OH is 1. The number of aromatic nitrogens is 1. The summed E-state index contributed by atoms with van der Waals surface area (Å²) >= 11 is 0. The zero-order valence-corrected chi connectivity index (χ0v) is 18.9. The minimum atomic E-state index is 0.233. The predicted octanol–water partition coefficient (Wildman–Crippen LogP) is 7.46. The highest BCUT2D eigenvalue weighted by molar-refractivity contribution is 5.88. The third-order valence-electron chi connectivity index (χ3n) is 5.87. The van der Waals surface area contributed by atoms with Gasteiger partial charge < -0.3 is 10.0 Å². The summed E-state index contributed by atoms with van der Waals surface area (Å²) in [5, 5.41) is 10.9. The number of para-hydroxylation sites is 1. The summed E-state index contributed by atoms with van der Waals surface area (Å²) in [5.41, 5.74) is 9.69. The highest BCUT2D eigenvalue weighted by Crippen LogP contribution is 2.45. The maximum Gasteiger partial charge on any atom is 0.0927 e. The van der Waals surface area contributed by atoms with Gasteiger partial charge >= 0.3 is 0 Å². The average molecular weight is 403 g/mol. The molecule has 1 N–H and O–H groups in total. The quantitative estimate of drug-likeness (QED) is 0.510. The molecule has 3 heteroatoms. The van der Waals surface area contributed by atoms with E-state index >= 15 is 0 Å². The van der Waals surface area contributed by atoms with Crippen LogP contribution >= 0.6 is 0 Å². The molecule has 0 aliphatic carbocycles. The summed E-state index contributed by atoms with van der Waals surface area (Å²) in [5.74, 6) is 0.233. The largest absolute Gasteiger partial charge is 0.513 e. The van der Waals surface area contributed by atoms with Crippen LogP contribution in [0.4, 0.5) is 0 Å². The minimum absolute atomic E-state index is 0.233. The lowest BCUT2D eigenvalue weighted by molar-refractivity contribution is 0.389. The van der Waals surface area contributed by atoms with Crippen molar-refractivity contribution in [2.75, 3.05) is 0 Å². The Morgan fingerprint density at radius 3 is 2.57 bits per heavy atom. The van der Waals surface area contributed by atoms with E-state index in [1.54, 1.807) is 0 Å². The second-order valence-corrected chi connectivity index (χ2v) is 7.67. The fourth-order valence-electron chi connectivity index (χ4n) is 4.53. The summed E-state index contributed by atoms with van der Waals surface area (Å²) in [6, 6.07) is 8.44. The molecule has 0 amide bonds. The lowest BCUT2D eigenvalue weighted by Gasteiger charge is -2.30. The van der Waals surface area contributed by atoms with Crippen LogP contribution in [0.3, 0.4) is 0 Å². The van der Waals surface area contributed by atoms with Gasteiger partial charge in [-0.15, -0.1) is 0 Å². The molecule has 2 aliphatic rings. The number of hydrogen-bond acceptors (Lipinski definition) is 3. The van der Waals surface area contributed by atoms with E-state index in [1.807, 2.05) is 13.8 Å². The topological polar surface area (TPSA) is 36.4 Å². The molecule has 0 spiro atoms. The summed E-state index contributed by atoms with van der Waals surface area (Å²) in [6.45, 7) is 17.3. The average Bonchev–Trinajstić information content (AvgIpc) is 3.11. The van der Waals surface area contributed by atoms with Gasteiger partial charge in [-0.05, 0) is 48.1 Å². The molecule has 0 saturated heterocycles. The number of fused-ring (bicyclic) bond motifs is 4. The maximum atomic E-state index is 9.61. The molecule has 0 unspecified atom stereocenters. The summed E-state index contributed by atoms with van der Waals surface area (Å²) < 4.78 is 0. The summed E-state index contributed by atoms with van der Waals surface area (Å²) in [4.78, 5) is 7.36. The highest BCUT2D eigenvalue weighted by Gasteiger charge is 2.34. The van der Waals surface area contributed by atoms with E-state index in [-0.39, 0.29) is 5.76 Å². The predicted molar refractivity (Wildman–Crippen MR) is 128 cm³/mol. The van der Waals surface area contributed by atoms with Crippen molar-refractivity contribution in [3.8, 4) is 0 Å². The Labute approximate surface area is 181 Å². The molecule has 3 heterocycles. The van der Waals surface area contributed by atoms with E-state index < -0.39 is 0 Å². The van der Waals surface area contributed by atoms with Gasteiger partial charge in [0.25, 0.3) is 0 Å². The van der Waals surface area contributed by atoms with E-state index in [1.165, 1.54) is 33.4 Å². The van der Waals surface area contributed by atoms with Crippen LogP contribution in [0.5, 0.6) is 0 Å². The fourth-order valence-corrected chi connectivity index (χ4v) is 4.53. The Bertz CT molecular complexity index is 1040. The first kappa shape index (κ1) is 21.9.